The number of para-hydroxylation sites is 1. The maximum atomic E-state index is 12.7. The highest BCUT2D eigenvalue weighted by Gasteiger charge is 2.26. The van der Waals surface area contributed by atoms with Crippen molar-refractivity contribution in [3.05, 3.63) is 107 Å². The van der Waals surface area contributed by atoms with Gasteiger partial charge in [0.25, 0.3) is 5.91 Å². The predicted octanol–water partition coefficient (Wildman–Crippen LogP) is 6.15. The van der Waals surface area contributed by atoms with Crippen LogP contribution in [0.1, 0.15) is 46.4 Å². The molecule has 0 aliphatic heterocycles. The number of benzene rings is 3. The second-order valence-electron chi connectivity index (χ2n) is 9.93. The Bertz CT molecular complexity index is 1690. The van der Waals surface area contributed by atoms with Crippen LogP contribution >= 0.6 is 11.6 Å². The minimum absolute atomic E-state index is 0.0124. The number of aromatic nitrogens is 1. The van der Waals surface area contributed by atoms with E-state index < -0.39 is 21.9 Å². The number of sulfonamides is 1. The first-order chi connectivity index (χ1) is 20.7. The van der Waals surface area contributed by atoms with E-state index in [0.29, 0.717) is 42.2 Å². The minimum atomic E-state index is -3.62. The average molecular weight is 622 g/mol. The Morgan fingerprint density at radius 2 is 1.53 bits per heavy atom. The SMILES string of the molecule is O=C(Nc1ccccc1C(=O)O)c1ccc(Oc2ccc(OC3CCC(NS(=O)(=O)c4ccc(Cl)cc4)CC3)cc2)nc1. The van der Waals surface area contributed by atoms with E-state index in [1.807, 2.05) is 0 Å². The summed E-state index contributed by atoms with van der Waals surface area (Å²) >= 11 is 5.86. The Balaban J connectivity index is 1.09. The van der Waals surface area contributed by atoms with Crippen molar-refractivity contribution >= 4 is 39.2 Å². The summed E-state index contributed by atoms with van der Waals surface area (Å²) in [5.41, 5.74) is 0.416. The lowest BCUT2D eigenvalue weighted by molar-refractivity contribution is 0.0698. The minimum Gasteiger partial charge on any atom is -0.490 e. The molecular weight excluding hydrogens is 594 g/mol. The van der Waals surface area contributed by atoms with Gasteiger partial charge in [-0.3, -0.25) is 4.79 Å². The molecule has 10 nitrogen and oxygen atoms in total. The third kappa shape index (κ3) is 7.89. The van der Waals surface area contributed by atoms with Crippen LogP contribution in [-0.4, -0.2) is 42.5 Å². The highest BCUT2D eigenvalue weighted by atomic mass is 35.5. The van der Waals surface area contributed by atoms with Crippen molar-refractivity contribution in [3.63, 3.8) is 0 Å². The molecule has 222 valence electrons. The first-order valence-corrected chi connectivity index (χ1v) is 15.3. The molecule has 5 rings (SSSR count). The quantitative estimate of drug-likeness (QED) is 0.191. The number of hydrogen-bond donors (Lipinski definition) is 3. The van der Waals surface area contributed by atoms with E-state index in [1.54, 1.807) is 54.6 Å². The Morgan fingerprint density at radius 3 is 2.19 bits per heavy atom. The Morgan fingerprint density at radius 1 is 0.860 bits per heavy atom. The standard InChI is InChI=1S/C31H28ClN3O7S/c32-21-6-16-26(17-7-21)43(39,40)35-22-8-10-23(11-9-22)41-24-12-14-25(15-13-24)42-29-18-5-20(19-33-29)30(36)34-28-4-2-1-3-27(28)31(37)38/h1-7,12-19,22-23,35H,8-11H2,(H,34,36)(H,37,38). The second-order valence-corrected chi connectivity index (χ2v) is 12.1. The number of aromatic carboxylic acids is 1. The summed E-state index contributed by atoms with van der Waals surface area (Å²) in [6.45, 7) is 0. The van der Waals surface area contributed by atoms with Crippen molar-refractivity contribution in [1.82, 2.24) is 9.71 Å². The molecule has 1 amide bonds. The van der Waals surface area contributed by atoms with Crippen molar-refractivity contribution in [3.8, 4) is 17.4 Å². The number of rotatable bonds is 10. The summed E-state index contributed by atoms with van der Waals surface area (Å²) in [7, 11) is -3.62. The molecule has 4 aromatic rings. The lowest BCUT2D eigenvalue weighted by Gasteiger charge is -2.29. The van der Waals surface area contributed by atoms with Gasteiger partial charge < -0.3 is 19.9 Å². The third-order valence-corrected chi connectivity index (χ3v) is 8.66. The van der Waals surface area contributed by atoms with E-state index in [2.05, 4.69) is 15.0 Å². The summed E-state index contributed by atoms with van der Waals surface area (Å²) in [6.07, 6.45) is 4.04. The smallest absolute Gasteiger partial charge is 0.337 e. The van der Waals surface area contributed by atoms with Crippen LogP contribution in [0.4, 0.5) is 5.69 Å². The largest absolute Gasteiger partial charge is 0.490 e. The Kier molecular flexibility index (Phi) is 9.24. The van der Waals surface area contributed by atoms with Gasteiger partial charge in [-0.2, -0.15) is 0 Å². The molecule has 0 spiro atoms. The van der Waals surface area contributed by atoms with E-state index in [0.717, 1.165) is 0 Å². The number of carbonyl (C=O) groups is 2. The lowest BCUT2D eigenvalue weighted by Crippen LogP contribution is -2.39. The third-order valence-electron chi connectivity index (χ3n) is 6.87. The Labute approximate surface area is 253 Å². The molecule has 1 saturated carbocycles. The van der Waals surface area contributed by atoms with Crippen LogP contribution in [0.25, 0.3) is 0 Å². The summed E-state index contributed by atoms with van der Waals surface area (Å²) in [5, 5.41) is 12.4. The second kappa shape index (κ2) is 13.2. The van der Waals surface area contributed by atoms with Gasteiger partial charge in [0.15, 0.2) is 0 Å². The average Bonchev–Trinajstić information content (AvgIpc) is 3.00. The number of carboxylic acids is 1. The zero-order valence-corrected chi connectivity index (χ0v) is 24.3. The number of carbonyl (C=O) groups excluding carboxylic acids is 1. The van der Waals surface area contributed by atoms with Gasteiger partial charge in [0, 0.05) is 23.3 Å². The zero-order valence-electron chi connectivity index (χ0n) is 22.8. The molecule has 1 aliphatic rings. The molecule has 12 heteroatoms. The topological polar surface area (TPSA) is 144 Å². The highest BCUT2D eigenvalue weighted by Crippen LogP contribution is 2.28. The van der Waals surface area contributed by atoms with Crippen molar-refractivity contribution in [2.24, 2.45) is 0 Å². The molecule has 0 bridgehead atoms. The molecule has 0 unspecified atom stereocenters. The van der Waals surface area contributed by atoms with Gasteiger partial charge in [0.2, 0.25) is 15.9 Å². The molecule has 0 saturated heterocycles. The van der Waals surface area contributed by atoms with Crippen molar-refractivity contribution < 1.29 is 32.6 Å². The van der Waals surface area contributed by atoms with Gasteiger partial charge in [0.05, 0.1) is 27.8 Å². The maximum Gasteiger partial charge on any atom is 0.337 e. The van der Waals surface area contributed by atoms with E-state index in [-0.39, 0.29) is 39.7 Å². The fraction of sp³-hybridized carbons (Fsp3) is 0.194. The summed E-state index contributed by atoms with van der Waals surface area (Å²) in [6, 6.07) is 22.2. The number of pyridine rings is 1. The van der Waals surface area contributed by atoms with Crippen LogP contribution < -0.4 is 19.5 Å². The first kappa shape index (κ1) is 30.0. The number of halogens is 1. The number of nitrogens with one attached hydrogen (secondary N) is 2. The molecule has 3 N–H and O–H groups in total. The number of nitrogens with zero attached hydrogens (tertiary/aromatic N) is 1. The normalized spacial score (nSPS) is 16.7. The molecule has 0 radical (unpaired) electrons. The molecular formula is C31H28ClN3O7S. The number of carboxylic acid groups (broad SMARTS) is 1. The summed E-state index contributed by atoms with van der Waals surface area (Å²) in [5.74, 6) is -0.178. The lowest BCUT2D eigenvalue weighted by atomic mass is 9.94. The molecule has 0 atom stereocenters. The maximum absolute atomic E-state index is 12.7. The van der Waals surface area contributed by atoms with Gasteiger partial charge in [-0.15, -0.1) is 0 Å². The number of ether oxygens (including phenoxy) is 2. The molecule has 1 heterocycles. The highest BCUT2D eigenvalue weighted by molar-refractivity contribution is 7.89. The fourth-order valence-corrected chi connectivity index (χ4v) is 6.08. The first-order valence-electron chi connectivity index (χ1n) is 13.5. The summed E-state index contributed by atoms with van der Waals surface area (Å²) in [4.78, 5) is 28.3. The van der Waals surface area contributed by atoms with Gasteiger partial charge in [-0.1, -0.05) is 23.7 Å². The van der Waals surface area contributed by atoms with Gasteiger partial charge in [0.1, 0.15) is 11.5 Å². The number of hydrogen-bond acceptors (Lipinski definition) is 7. The molecule has 43 heavy (non-hydrogen) atoms. The van der Waals surface area contributed by atoms with E-state index >= 15 is 0 Å². The van der Waals surface area contributed by atoms with Crippen LogP contribution in [0, 0.1) is 0 Å². The fourth-order valence-electron chi connectivity index (χ4n) is 4.65. The van der Waals surface area contributed by atoms with Gasteiger partial charge in [-0.25, -0.2) is 22.9 Å². The van der Waals surface area contributed by atoms with E-state index in [1.165, 1.54) is 36.5 Å². The van der Waals surface area contributed by atoms with Crippen LogP contribution in [0.2, 0.25) is 5.02 Å². The van der Waals surface area contributed by atoms with Gasteiger partial charge in [-0.05, 0) is 92.4 Å². The molecule has 1 fully saturated rings. The monoisotopic (exact) mass is 621 g/mol. The predicted molar refractivity (Wildman–Crippen MR) is 161 cm³/mol. The van der Waals surface area contributed by atoms with Crippen LogP contribution in [0.3, 0.4) is 0 Å². The van der Waals surface area contributed by atoms with Crippen molar-refractivity contribution in [1.29, 1.82) is 0 Å². The van der Waals surface area contributed by atoms with E-state index in [4.69, 9.17) is 21.1 Å². The molecule has 1 aromatic heterocycles. The number of amides is 1. The van der Waals surface area contributed by atoms with Crippen molar-refractivity contribution in [2.75, 3.05) is 5.32 Å². The number of anilines is 1. The zero-order chi connectivity index (χ0) is 30.4. The van der Waals surface area contributed by atoms with Crippen LogP contribution in [-0.2, 0) is 10.0 Å². The molecule has 3 aromatic carbocycles. The van der Waals surface area contributed by atoms with E-state index in [9.17, 15) is 23.1 Å². The van der Waals surface area contributed by atoms with Gasteiger partial charge >= 0.3 is 5.97 Å². The Hall–Kier alpha value is -4.45. The van der Waals surface area contributed by atoms with Crippen LogP contribution in [0.5, 0.6) is 17.4 Å². The molecule has 1 aliphatic carbocycles. The summed E-state index contributed by atoms with van der Waals surface area (Å²) < 4.78 is 40.0. The van der Waals surface area contributed by atoms with Crippen molar-refractivity contribution in [2.45, 2.75) is 42.7 Å². The van der Waals surface area contributed by atoms with Crippen LogP contribution in [0.15, 0.2) is 96.0 Å².